The zero-order valence-corrected chi connectivity index (χ0v) is 16.3. The smallest absolute Gasteiger partial charge is 0.338 e. The number of esters is 1. The van der Waals surface area contributed by atoms with Crippen LogP contribution in [0.1, 0.15) is 22.0 Å². The molecular formula is C20H23BrN2O4. The van der Waals surface area contributed by atoms with Gasteiger partial charge in [-0.15, -0.1) is 0 Å². The highest BCUT2D eigenvalue weighted by molar-refractivity contribution is 9.10. The van der Waals surface area contributed by atoms with Crippen LogP contribution in [0.5, 0.6) is 0 Å². The molecule has 4 N–H and O–H groups in total. The minimum Gasteiger partial charge on any atom is -0.460 e. The highest BCUT2D eigenvalue weighted by Gasteiger charge is 2.33. The van der Waals surface area contributed by atoms with Gasteiger partial charge in [0.15, 0.2) is 0 Å². The molecule has 0 amide bonds. The Labute approximate surface area is 166 Å². The number of hydrogen-bond donors (Lipinski definition) is 4. The minimum absolute atomic E-state index is 0.154. The largest absolute Gasteiger partial charge is 0.460 e. The van der Waals surface area contributed by atoms with E-state index in [0.29, 0.717) is 18.7 Å². The highest BCUT2D eigenvalue weighted by Crippen LogP contribution is 2.17. The zero-order chi connectivity index (χ0) is 19.2. The first kappa shape index (κ1) is 20.0. The van der Waals surface area contributed by atoms with E-state index >= 15 is 0 Å². The third kappa shape index (κ3) is 5.37. The molecule has 144 valence electrons. The number of β-amino-alcohol motifs (C(OH)–C–C–N with tert-alkyl or cyclic N) is 1. The summed E-state index contributed by atoms with van der Waals surface area (Å²) in [5.41, 5.74) is 1.46. The molecule has 0 bridgehead atoms. The molecule has 27 heavy (non-hydrogen) atoms. The average molecular weight is 435 g/mol. The predicted octanol–water partition coefficient (Wildman–Crippen LogP) is 1.63. The van der Waals surface area contributed by atoms with Gasteiger partial charge >= 0.3 is 5.97 Å². The lowest BCUT2D eigenvalue weighted by atomic mass is 10.1. The molecule has 0 radical (unpaired) electrons. The molecule has 1 heterocycles. The molecule has 0 aliphatic carbocycles. The van der Waals surface area contributed by atoms with Gasteiger partial charge < -0.3 is 25.6 Å². The van der Waals surface area contributed by atoms with E-state index < -0.39 is 18.2 Å². The Balaban J connectivity index is 1.63. The first-order chi connectivity index (χ1) is 13.0. The van der Waals surface area contributed by atoms with E-state index in [1.807, 2.05) is 36.4 Å². The number of aliphatic hydroxyl groups is 2. The van der Waals surface area contributed by atoms with Gasteiger partial charge in [-0.3, -0.25) is 0 Å². The molecule has 0 aromatic heterocycles. The van der Waals surface area contributed by atoms with Crippen LogP contribution in [0, 0.1) is 0 Å². The van der Waals surface area contributed by atoms with Gasteiger partial charge in [0.25, 0.3) is 0 Å². The summed E-state index contributed by atoms with van der Waals surface area (Å²) >= 11 is 3.35. The molecule has 6 nitrogen and oxygen atoms in total. The fourth-order valence-corrected chi connectivity index (χ4v) is 3.46. The predicted molar refractivity (Wildman–Crippen MR) is 105 cm³/mol. The Kier molecular flexibility index (Phi) is 6.98. The molecule has 1 saturated heterocycles. The van der Waals surface area contributed by atoms with E-state index in [1.165, 1.54) is 0 Å². The monoisotopic (exact) mass is 434 g/mol. The van der Waals surface area contributed by atoms with Gasteiger partial charge in [0.2, 0.25) is 0 Å². The van der Waals surface area contributed by atoms with E-state index in [1.54, 1.807) is 18.2 Å². The molecule has 1 fully saturated rings. The standard InChI is InChI=1S/C20H23BrN2O4/c21-15-8-4-7-14(9-15)20(26)27-12-17(13-5-2-1-3-6-13)22-10-16-19(25)18(24)11-23-16/h1-9,16-19,22-25H,10-12H2/t16-,17?,18+,19-/m1/s1. The molecule has 2 aromatic rings. The number of halogens is 1. The van der Waals surface area contributed by atoms with E-state index in [-0.39, 0.29) is 18.7 Å². The van der Waals surface area contributed by atoms with Crippen molar-refractivity contribution in [3.8, 4) is 0 Å². The van der Waals surface area contributed by atoms with Crippen LogP contribution >= 0.6 is 15.9 Å². The lowest BCUT2D eigenvalue weighted by Crippen LogP contribution is -2.43. The third-order valence-electron chi connectivity index (χ3n) is 4.62. The third-order valence-corrected chi connectivity index (χ3v) is 5.12. The van der Waals surface area contributed by atoms with Gasteiger partial charge in [-0.25, -0.2) is 4.79 Å². The quantitative estimate of drug-likeness (QED) is 0.495. The summed E-state index contributed by atoms with van der Waals surface area (Å²) in [5.74, 6) is -0.395. The van der Waals surface area contributed by atoms with E-state index in [4.69, 9.17) is 4.74 Å². The van der Waals surface area contributed by atoms with E-state index in [0.717, 1.165) is 10.0 Å². The summed E-state index contributed by atoms with van der Waals surface area (Å²) in [7, 11) is 0. The average Bonchev–Trinajstić information content (AvgIpc) is 3.00. The number of hydrogen-bond acceptors (Lipinski definition) is 6. The molecule has 7 heteroatoms. The first-order valence-electron chi connectivity index (χ1n) is 8.85. The number of ether oxygens (including phenoxy) is 1. The fourth-order valence-electron chi connectivity index (χ4n) is 3.06. The van der Waals surface area contributed by atoms with Gasteiger partial charge in [0.1, 0.15) is 6.61 Å². The number of aliphatic hydroxyl groups excluding tert-OH is 2. The second-order valence-corrected chi connectivity index (χ2v) is 7.47. The maximum Gasteiger partial charge on any atom is 0.338 e. The van der Waals surface area contributed by atoms with Crippen molar-refractivity contribution in [2.75, 3.05) is 19.7 Å². The van der Waals surface area contributed by atoms with E-state index in [9.17, 15) is 15.0 Å². The lowest BCUT2D eigenvalue weighted by molar-refractivity contribution is 0.0375. The fraction of sp³-hybridized carbons (Fsp3) is 0.350. The number of rotatable bonds is 7. The lowest BCUT2D eigenvalue weighted by Gasteiger charge is -2.23. The minimum atomic E-state index is -0.821. The second kappa shape index (κ2) is 9.43. The summed E-state index contributed by atoms with van der Waals surface area (Å²) in [5, 5.41) is 26.1. The van der Waals surface area contributed by atoms with Crippen LogP contribution in [0.4, 0.5) is 0 Å². The molecule has 1 unspecified atom stereocenters. The summed E-state index contributed by atoms with van der Waals surface area (Å²) in [4.78, 5) is 12.3. The van der Waals surface area contributed by atoms with Crippen LogP contribution in [-0.2, 0) is 4.74 Å². The van der Waals surface area contributed by atoms with Crippen molar-refractivity contribution < 1.29 is 19.7 Å². The van der Waals surface area contributed by atoms with Crippen LogP contribution < -0.4 is 10.6 Å². The van der Waals surface area contributed by atoms with Crippen molar-refractivity contribution in [2.24, 2.45) is 0 Å². The van der Waals surface area contributed by atoms with Crippen LogP contribution in [-0.4, -0.2) is 54.1 Å². The van der Waals surface area contributed by atoms with Crippen LogP contribution in [0.25, 0.3) is 0 Å². The molecule has 1 aliphatic heterocycles. The maximum atomic E-state index is 12.3. The molecule has 0 saturated carbocycles. The van der Waals surface area contributed by atoms with Crippen molar-refractivity contribution in [2.45, 2.75) is 24.3 Å². The summed E-state index contributed by atoms with van der Waals surface area (Å²) in [6.45, 7) is 0.953. The van der Waals surface area contributed by atoms with Crippen LogP contribution in [0.15, 0.2) is 59.1 Å². The zero-order valence-electron chi connectivity index (χ0n) is 14.7. The van der Waals surface area contributed by atoms with Crippen molar-refractivity contribution in [3.05, 3.63) is 70.2 Å². The molecule has 4 atom stereocenters. The van der Waals surface area contributed by atoms with Crippen molar-refractivity contribution in [1.29, 1.82) is 0 Å². The number of nitrogens with one attached hydrogen (secondary N) is 2. The summed E-state index contributed by atoms with van der Waals surface area (Å²) in [6, 6.07) is 16.2. The number of carbonyl (C=O) groups is 1. The second-order valence-electron chi connectivity index (χ2n) is 6.55. The van der Waals surface area contributed by atoms with Gasteiger partial charge in [-0.2, -0.15) is 0 Å². The van der Waals surface area contributed by atoms with Gasteiger partial charge in [0, 0.05) is 23.6 Å². The Hall–Kier alpha value is -1.77. The van der Waals surface area contributed by atoms with Crippen molar-refractivity contribution >= 4 is 21.9 Å². The van der Waals surface area contributed by atoms with Gasteiger partial charge in [-0.1, -0.05) is 52.3 Å². The number of benzene rings is 2. The van der Waals surface area contributed by atoms with Gasteiger partial charge in [-0.05, 0) is 23.8 Å². The summed E-state index contributed by atoms with van der Waals surface area (Å²) < 4.78 is 6.32. The van der Waals surface area contributed by atoms with Crippen LogP contribution in [0.2, 0.25) is 0 Å². The molecule has 1 aliphatic rings. The molecule has 3 rings (SSSR count). The van der Waals surface area contributed by atoms with Crippen molar-refractivity contribution in [3.63, 3.8) is 0 Å². The maximum absolute atomic E-state index is 12.3. The first-order valence-corrected chi connectivity index (χ1v) is 9.64. The van der Waals surface area contributed by atoms with Crippen LogP contribution in [0.3, 0.4) is 0 Å². The SMILES string of the molecule is O=C(OCC(NC[C@H]1NC[C@H](O)[C@@H]1O)c1ccccc1)c1cccc(Br)c1. The molecule has 0 spiro atoms. The molecular weight excluding hydrogens is 412 g/mol. The van der Waals surface area contributed by atoms with E-state index in [2.05, 4.69) is 26.6 Å². The summed E-state index contributed by atoms with van der Waals surface area (Å²) in [6.07, 6.45) is -1.58. The normalized spacial score (nSPS) is 23.1. The van der Waals surface area contributed by atoms with Gasteiger partial charge in [0.05, 0.1) is 23.8 Å². The molecule has 2 aromatic carbocycles. The Bertz CT molecular complexity index is 759. The Morgan fingerprint density at radius 2 is 2.00 bits per heavy atom. The number of carbonyl (C=O) groups excluding carboxylic acids is 1. The van der Waals surface area contributed by atoms with Crippen molar-refractivity contribution in [1.82, 2.24) is 10.6 Å². The Morgan fingerprint density at radius 3 is 2.67 bits per heavy atom. The highest BCUT2D eigenvalue weighted by atomic mass is 79.9. The topological polar surface area (TPSA) is 90.8 Å². The Morgan fingerprint density at radius 1 is 1.22 bits per heavy atom.